The molecule has 0 saturated heterocycles. The normalized spacial score (nSPS) is 11.0. The maximum atomic E-state index is 12.7. The second kappa shape index (κ2) is 7.44. The van der Waals surface area contributed by atoms with Gasteiger partial charge >= 0.3 is 0 Å². The molecule has 0 aliphatic rings. The highest BCUT2D eigenvalue weighted by Crippen LogP contribution is 2.28. The molecular weight excluding hydrogens is 394 g/mol. The molecule has 2 N–H and O–H groups in total. The van der Waals surface area contributed by atoms with E-state index in [-0.39, 0.29) is 23.4 Å². The summed E-state index contributed by atoms with van der Waals surface area (Å²) in [7, 11) is 0. The number of amides is 1. The highest BCUT2D eigenvalue weighted by molar-refractivity contribution is 6.31. The molecule has 4 aromatic rings. The molecule has 2 heterocycles. The van der Waals surface area contributed by atoms with Gasteiger partial charge in [-0.3, -0.25) is 19.5 Å². The van der Waals surface area contributed by atoms with Crippen molar-refractivity contribution in [3.63, 3.8) is 0 Å². The number of nitrogens with one attached hydrogen (secondary N) is 2. The molecule has 0 unspecified atom stereocenters. The highest BCUT2D eigenvalue weighted by atomic mass is 35.5. The second-order valence-electron chi connectivity index (χ2n) is 6.58. The summed E-state index contributed by atoms with van der Waals surface area (Å²) in [6.07, 6.45) is 0. The van der Waals surface area contributed by atoms with Crippen molar-refractivity contribution in [1.82, 2.24) is 9.78 Å². The maximum absolute atomic E-state index is 12.7. The van der Waals surface area contributed by atoms with E-state index >= 15 is 0 Å². The van der Waals surface area contributed by atoms with Crippen LogP contribution in [0.25, 0.3) is 11.0 Å². The summed E-state index contributed by atoms with van der Waals surface area (Å²) in [6.45, 7) is 1.96. The smallest absolute Gasteiger partial charge is 0.291 e. The third-order valence-corrected chi connectivity index (χ3v) is 4.75. The number of hydrogen-bond donors (Lipinski definition) is 2. The summed E-state index contributed by atoms with van der Waals surface area (Å²) in [5.74, 6) is -0.187. The van der Waals surface area contributed by atoms with Gasteiger partial charge in [0.25, 0.3) is 17.0 Å². The molecule has 0 aliphatic carbocycles. The molecule has 1 amide bonds. The number of anilines is 1. The number of aromatic nitrogens is 2. The minimum Gasteiger partial charge on any atom is -0.451 e. The number of rotatable bonds is 4. The lowest BCUT2D eigenvalue weighted by Crippen LogP contribution is -2.28. The summed E-state index contributed by atoms with van der Waals surface area (Å²) in [6, 6.07) is 14.6. The van der Waals surface area contributed by atoms with Crippen LogP contribution in [0, 0.1) is 6.92 Å². The number of benzene rings is 2. The van der Waals surface area contributed by atoms with Crippen molar-refractivity contribution in [2.45, 2.75) is 13.5 Å². The lowest BCUT2D eigenvalue weighted by molar-refractivity contribution is 0.0998. The van der Waals surface area contributed by atoms with Gasteiger partial charge in [-0.05, 0) is 42.8 Å². The molecular formula is C21H16ClN3O4. The molecule has 0 spiro atoms. The molecule has 146 valence electrons. The van der Waals surface area contributed by atoms with Gasteiger partial charge in [-0.2, -0.15) is 0 Å². The van der Waals surface area contributed by atoms with Crippen LogP contribution < -0.4 is 16.4 Å². The van der Waals surface area contributed by atoms with Crippen LogP contribution in [0.15, 0.2) is 68.6 Å². The zero-order valence-corrected chi connectivity index (χ0v) is 16.1. The van der Waals surface area contributed by atoms with Gasteiger partial charge in [0.2, 0.25) is 0 Å². The van der Waals surface area contributed by atoms with E-state index in [1.54, 1.807) is 49.4 Å². The summed E-state index contributed by atoms with van der Waals surface area (Å²) >= 11 is 6.03. The van der Waals surface area contributed by atoms with Gasteiger partial charge in [-0.1, -0.05) is 23.7 Å². The van der Waals surface area contributed by atoms with Crippen LogP contribution in [0.1, 0.15) is 21.7 Å². The molecule has 0 atom stereocenters. The van der Waals surface area contributed by atoms with Crippen molar-refractivity contribution >= 4 is 34.2 Å². The summed E-state index contributed by atoms with van der Waals surface area (Å²) < 4.78 is 6.89. The maximum Gasteiger partial charge on any atom is 0.291 e. The van der Waals surface area contributed by atoms with Crippen molar-refractivity contribution < 1.29 is 9.21 Å². The number of aromatic amines is 1. The minimum absolute atomic E-state index is 0.167. The van der Waals surface area contributed by atoms with E-state index in [1.807, 2.05) is 0 Å². The highest BCUT2D eigenvalue weighted by Gasteiger charge is 2.18. The fourth-order valence-electron chi connectivity index (χ4n) is 3.11. The Kier molecular flexibility index (Phi) is 4.82. The molecule has 0 bridgehead atoms. The van der Waals surface area contributed by atoms with Crippen molar-refractivity contribution in [2.24, 2.45) is 0 Å². The molecule has 29 heavy (non-hydrogen) atoms. The predicted molar refractivity (Wildman–Crippen MR) is 111 cm³/mol. The van der Waals surface area contributed by atoms with Crippen molar-refractivity contribution in [2.75, 3.05) is 5.32 Å². The van der Waals surface area contributed by atoms with E-state index in [2.05, 4.69) is 10.4 Å². The summed E-state index contributed by atoms with van der Waals surface area (Å²) in [5, 5.41) is 6.62. The van der Waals surface area contributed by atoms with Crippen LogP contribution in [0.5, 0.6) is 0 Å². The van der Waals surface area contributed by atoms with Gasteiger partial charge in [0, 0.05) is 33.8 Å². The van der Waals surface area contributed by atoms with E-state index in [1.165, 1.54) is 16.8 Å². The number of furan rings is 1. The fourth-order valence-corrected chi connectivity index (χ4v) is 3.28. The molecule has 2 aromatic heterocycles. The van der Waals surface area contributed by atoms with Gasteiger partial charge in [-0.15, -0.1) is 0 Å². The molecule has 7 nitrogen and oxygen atoms in total. The SMILES string of the molecule is Cc1c(C(=O)Nc2cccc(Cn3[nH]c(=O)ccc3=O)c2)oc2ccc(Cl)cc12. The van der Waals surface area contributed by atoms with Crippen molar-refractivity contribution in [1.29, 1.82) is 0 Å². The number of H-pyrrole nitrogens is 1. The van der Waals surface area contributed by atoms with Gasteiger partial charge in [0.1, 0.15) is 5.58 Å². The summed E-state index contributed by atoms with van der Waals surface area (Å²) in [4.78, 5) is 36.0. The monoisotopic (exact) mass is 409 g/mol. The molecule has 0 fully saturated rings. The molecule has 4 rings (SSSR count). The molecule has 0 radical (unpaired) electrons. The number of halogens is 1. The van der Waals surface area contributed by atoms with Crippen molar-refractivity contribution in [3.8, 4) is 0 Å². The minimum atomic E-state index is -0.391. The van der Waals surface area contributed by atoms with Gasteiger partial charge in [0.05, 0.1) is 6.54 Å². The van der Waals surface area contributed by atoms with Crippen molar-refractivity contribution in [3.05, 3.63) is 97.2 Å². The average Bonchev–Trinajstić information content (AvgIpc) is 3.01. The van der Waals surface area contributed by atoms with E-state index in [9.17, 15) is 14.4 Å². The zero-order chi connectivity index (χ0) is 20.5. The van der Waals surface area contributed by atoms with Gasteiger partial charge in [-0.25, -0.2) is 4.68 Å². The van der Waals surface area contributed by atoms with E-state index in [0.29, 0.717) is 21.9 Å². The Morgan fingerprint density at radius 3 is 2.79 bits per heavy atom. The van der Waals surface area contributed by atoms with Crippen LogP contribution in [-0.2, 0) is 6.54 Å². The van der Waals surface area contributed by atoms with Crippen LogP contribution >= 0.6 is 11.6 Å². The van der Waals surface area contributed by atoms with E-state index in [4.69, 9.17) is 16.0 Å². The standard InChI is InChI=1S/C21H16ClN3O4/c1-12-16-10-14(22)5-6-17(16)29-20(12)21(28)23-15-4-2-3-13(9-15)11-25-19(27)8-7-18(26)24-25/h2-10H,11H2,1H3,(H,23,28)(H,24,26). The zero-order valence-electron chi connectivity index (χ0n) is 15.4. The average molecular weight is 410 g/mol. The third-order valence-electron chi connectivity index (χ3n) is 4.52. The Balaban J connectivity index is 1.59. The van der Waals surface area contributed by atoms with Crippen LogP contribution in [0.4, 0.5) is 5.69 Å². The molecule has 8 heteroatoms. The topological polar surface area (TPSA) is 97.1 Å². The molecule has 0 aliphatic heterocycles. The number of fused-ring (bicyclic) bond motifs is 1. The number of carbonyl (C=O) groups excluding carboxylic acids is 1. The van der Waals surface area contributed by atoms with Crippen LogP contribution in [0.2, 0.25) is 5.02 Å². The predicted octanol–water partition coefficient (Wildman–Crippen LogP) is 3.55. The number of carbonyl (C=O) groups is 1. The van der Waals surface area contributed by atoms with E-state index in [0.717, 1.165) is 10.9 Å². The van der Waals surface area contributed by atoms with E-state index < -0.39 is 5.91 Å². The van der Waals surface area contributed by atoms with Crippen LogP contribution in [-0.4, -0.2) is 15.7 Å². The first-order chi connectivity index (χ1) is 13.9. The van der Waals surface area contributed by atoms with Crippen LogP contribution in [0.3, 0.4) is 0 Å². The number of hydrogen-bond acceptors (Lipinski definition) is 4. The number of nitrogens with zero attached hydrogens (tertiary/aromatic N) is 1. The lowest BCUT2D eigenvalue weighted by atomic mass is 10.1. The first-order valence-electron chi connectivity index (χ1n) is 8.80. The Morgan fingerprint density at radius 2 is 1.97 bits per heavy atom. The summed E-state index contributed by atoms with van der Waals surface area (Å²) in [5.41, 5.74) is 1.87. The largest absolute Gasteiger partial charge is 0.451 e. The lowest BCUT2D eigenvalue weighted by Gasteiger charge is -2.08. The Morgan fingerprint density at radius 1 is 1.14 bits per heavy atom. The first kappa shape index (κ1) is 18.8. The van der Waals surface area contributed by atoms with Gasteiger partial charge in [0.15, 0.2) is 5.76 Å². The molecule has 2 aromatic carbocycles. The Bertz CT molecular complexity index is 1350. The Hall–Kier alpha value is -3.58. The quantitative estimate of drug-likeness (QED) is 0.538. The third kappa shape index (κ3) is 3.86. The fraction of sp³-hybridized carbons (Fsp3) is 0.0952. The Labute approximate surface area is 169 Å². The number of aryl methyl sites for hydroxylation is 1. The van der Waals surface area contributed by atoms with Gasteiger partial charge < -0.3 is 9.73 Å². The first-order valence-corrected chi connectivity index (χ1v) is 9.17. The molecule has 0 saturated carbocycles. The second-order valence-corrected chi connectivity index (χ2v) is 7.02.